The fourth-order valence-electron chi connectivity index (χ4n) is 8.29. The van der Waals surface area contributed by atoms with Crippen molar-refractivity contribution in [2.24, 2.45) is 0 Å². The van der Waals surface area contributed by atoms with Crippen molar-refractivity contribution in [2.75, 3.05) is 13.2 Å². The molecular formula is C59H108O6. The van der Waals surface area contributed by atoms with E-state index in [-0.39, 0.29) is 31.1 Å². The Balaban J connectivity index is 4.29. The van der Waals surface area contributed by atoms with Gasteiger partial charge in [0.15, 0.2) is 6.10 Å². The molecule has 0 aliphatic rings. The van der Waals surface area contributed by atoms with E-state index in [0.717, 1.165) is 64.2 Å². The van der Waals surface area contributed by atoms with Crippen molar-refractivity contribution in [1.29, 1.82) is 0 Å². The first-order valence-electron chi connectivity index (χ1n) is 28.5. The van der Waals surface area contributed by atoms with Crippen LogP contribution < -0.4 is 0 Å². The molecule has 6 heteroatoms. The van der Waals surface area contributed by atoms with Crippen LogP contribution in [-0.4, -0.2) is 37.2 Å². The van der Waals surface area contributed by atoms with Crippen molar-refractivity contribution in [3.63, 3.8) is 0 Å². The van der Waals surface area contributed by atoms with E-state index in [1.165, 1.54) is 199 Å². The normalized spacial score (nSPS) is 12.2. The van der Waals surface area contributed by atoms with Crippen molar-refractivity contribution in [1.82, 2.24) is 0 Å². The van der Waals surface area contributed by atoms with Crippen molar-refractivity contribution < 1.29 is 28.6 Å². The third-order valence-electron chi connectivity index (χ3n) is 12.6. The summed E-state index contributed by atoms with van der Waals surface area (Å²) in [5.74, 6) is -0.866. The first-order chi connectivity index (χ1) is 32.0. The zero-order valence-electron chi connectivity index (χ0n) is 43.5. The second-order valence-electron chi connectivity index (χ2n) is 19.2. The highest BCUT2D eigenvalue weighted by Crippen LogP contribution is 2.16. The van der Waals surface area contributed by atoms with Gasteiger partial charge in [0.05, 0.1) is 0 Å². The fraction of sp³-hybridized carbons (Fsp3) is 0.847. The van der Waals surface area contributed by atoms with E-state index in [1.807, 2.05) is 0 Å². The van der Waals surface area contributed by atoms with Gasteiger partial charge in [0.2, 0.25) is 0 Å². The average Bonchev–Trinajstić information content (AvgIpc) is 3.30. The molecule has 0 radical (unpaired) electrons. The SMILES string of the molecule is CCCCC/C=C\C/C=C\CCCCCCCCCCCC(=O)OC[C@H](COC(=O)CCCCCCCCC/C=C\CCCCCCCC)OC(=O)CCCCCCCCCCCCC. The van der Waals surface area contributed by atoms with Crippen LogP contribution in [0.15, 0.2) is 36.5 Å². The zero-order chi connectivity index (χ0) is 47.2. The fourth-order valence-corrected chi connectivity index (χ4v) is 8.29. The minimum absolute atomic E-state index is 0.0724. The number of hydrogen-bond acceptors (Lipinski definition) is 6. The minimum Gasteiger partial charge on any atom is -0.462 e. The number of ether oxygens (including phenoxy) is 3. The predicted molar refractivity (Wildman–Crippen MR) is 279 cm³/mol. The van der Waals surface area contributed by atoms with Gasteiger partial charge in [-0.1, -0.05) is 243 Å². The molecule has 0 saturated carbocycles. The Labute approximate surface area is 404 Å². The van der Waals surface area contributed by atoms with E-state index < -0.39 is 6.10 Å². The maximum Gasteiger partial charge on any atom is 0.306 e. The maximum absolute atomic E-state index is 12.8. The van der Waals surface area contributed by atoms with E-state index in [1.54, 1.807) is 0 Å². The predicted octanol–water partition coefficient (Wildman–Crippen LogP) is 18.9. The Morgan fingerprint density at radius 1 is 0.308 bits per heavy atom. The van der Waals surface area contributed by atoms with E-state index in [2.05, 4.69) is 57.2 Å². The topological polar surface area (TPSA) is 78.9 Å². The van der Waals surface area contributed by atoms with Crippen LogP contribution in [0.25, 0.3) is 0 Å². The van der Waals surface area contributed by atoms with E-state index >= 15 is 0 Å². The number of rotatable bonds is 52. The monoisotopic (exact) mass is 913 g/mol. The lowest BCUT2D eigenvalue weighted by Crippen LogP contribution is -2.30. The molecule has 0 aromatic rings. The molecular weight excluding hydrogens is 805 g/mol. The van der Waals surface area contributed by atoms with Crippen LogP contribution >= 0.6 is 0 Å². The van der Waals surface area contributed by atoms with Crippen molar-refractivity contribution >= 4 is 17.9 Å². The van der Waals surface area contributed by atoms with Crippen LogP contribution in [0.4, 0.5) is 0 Å². The molecule has 0 amide bonds. The highest BCUT2D eigenvalue weighted by molar-refractivity contribution is 5.71. The molecule has 380 valence electrons. The highest BCUT2D eigenvalue weighted by Gasteiger charge is 2.19. The number of hydrogen-bond donors (Lipinski definition) is 0. The van der Waals surface area contributed by atoms with Crippen LogP contribution in [0.5, 0.6) is 0 Å². The molecule has 0 spiro atoms. The molecule has 0 aliphatic heterocycles. The van der Waals surface area contributed by atoms with Crippen LogP contribution in [0.3, 0.4) is 0 Å². The lowest BCUT2D eigenvalue weighted by molar-refractivity contribution is -0.167. The molecule has 0 N–H and O–H groups in total. The van der Waals surface area contributed by atoms with Crippen LogP contribution in [0.2, 0.25) is 0 Å². The molecule has 0 bridgehead atoms. The summed E-state index contributed by atoms with van der Waals surface area (Å²) in [6.07, 6.45) is 64.1. The minimum atomic E-state index is -0.771. The lowest BCUT2D eigenvalue weighted by atomic mass is 10.1. The van der Waals surface area contributed by atoms with Gasteiger partial charge in [-0.3, -0.25) is 14.4 Å². The summed E-state index contributed by atoms with van der Waals surface area (Å²) >= 11 is 0. The molecule has 0 rings (SSSR count). The molecule has 0 saturated heterocycles. The highest BCUT2D eigenvalue weighted by atomic mass is 16.6. The Hall–Kier alpha value is -2.37. The summed E-state index contributed by atoms with van der Waals surface area (Å²) in [6, 6.07) is 0. The molecule has 0 heterocycles. The summed E-state index contributed by atoms with van der Waals surface area (Å²) in [5.41, 5.74) is 0. The first-order valence-corrected chi connectivity index (χ1v) is 28.5. The van der Waals surface area contributed by atoms with Gasteiger partial charge in [-0.2, -0.15) is 0 Å². The largest absolute Gasteiger partial charge is 0.462 e. The third kappa shape index (κ3) is 52.5. The van der Waals surface area contributed by atoms with E-state index in [9.17, 15) is 14.4 Å². The van der Waals surface area contributed by atoms with Gasteiger partial charge in [0, 0.05) is 19.3 Å². The Morgan fingerprint density at radius 2 is 0.554 bits per heavy atom. The Morgan fingerprint density at radius 3 is 0.892 bits per heavy atom. The van der Waals surface area contributed by atoms with Gasteiger partial charge in [0.1, 0.15) is 13.2 Å². The van der Waals surface area contributed by atoms with Gasteiger partial charge in [-0.15, -0.1) is 0 Å². The van der Waals surface area contributed by atoms with Gasteiger partial charge in [-0.25, -0.2) is 0 Å². The molecule has 0 aromatic heterocycles. The molecule has 65 heavy (non-hydrogen) atoms. The summed E-state index contributed by atoms with van der Waals surface area (Å²) < 4.78 is 16.8. The van der Waals surface area contributed by atoms with Gasteiger partial charge in [0.25, 0.3) is 0 Å². The van der Waals surface area contributed by atoms with E-state index in [4.69, 9.17) is 14.2 Å². The number of esters is 3. The number of allylic oxidation sites excluding steroid dienone is 6. The Kier molecular flexibility index (Phi) is 52.3. The number of carbonyl (C=O) groups excluding carboxylic acids is 3. The number of carbonyl (C=O) groups is 3. The molecule has 0 unspecified atom stereocenters. The molecule has 0 aromatic carbocycles. The molecule has 6 nitrogen and oxygen atoms in total. The summed E-state index contributed by atoms with van der Waals surface area (Å²) in [7, 11) is 0. The molecule has 0 aliphatic carbocycles. The summed E-state index contributed by atoms with van der Waals surface area (Å²) in [4.78, 5) is 38.1. The van der Waals surface area contributed by atoms with Crippen LogP contribution in [0, 0.1) is 0 Å². The summed E-state index contributed by atoms with van der Waals surface area (Å²) in [5, 5.41) is 0. The second-order valence-corrected chi connectivity index (χ2v) is 19.2. The van der Waals surface area contributed by atoms with Crippen LogP contribution in [0.1, 0.15) is 303 Å². The van der Waals surface area contributed by atoms with Gasteiger partial charge < -0.3 is 14.2 Å². The third-order valence-corrected chi connectivity index (χ3v) is 12.6. The van der Waals surface area contributed by atoms with Crippen molar-refractivity contribution in [2.45, 2.75) is 309 Å². The quantitative estimate of drug-likeness (QED) is 0.0262. The average molecular weight is 914 g/mol. The Bertz CT molecular complexity index is 1090. The first kappa shape index (κ1) is 62.6. The van der Waals surface area contributed by atoms with Gasteiger partial charge >= 0.3 is 17.9 Å². The maximum atomic E-state index is 12.8. The second kappa shape index (κ2) is 54.2. The zero-order valence-corrected chi connectivity index (χ0v) is 43.5. The van der Waals surface area contributed by atoms with Crippen molar-refractivity contribution in [3.05, 3.63) is 36.5 Å². The van der Waals surface area contributed by atoms with Crippen molar-refractivity contribution in [3.8, 4) is 0 Å². The lowest BCUT2D eigenvalue weighted by Gasteiger charge is -2.18. The molecule has 0 fully saturated rings. The number of unbranched alkanes of at least 4 members (excludes halogenated alkanes) is 35. The summed E-state index contributed by atoms with van der Waals surface area (Å²) in [6.45, 7) is 6.63. The smallest absolute Gasteiger partial charge is 0.306 e. The van der Waals surface area contributed by atoms with Gasteiger partial charge in [-0.05, 0) is 77.0 Å². The standard InChI is InChI=1S/C59H108O6/c1-4-7-10-13-16-19-22-24-26-28-29-31-33-35-38-40-43-46-49-52-58(61)64-55-56(65-59(62)53-50-47-44-41-36-21-18-15-12-9-6-3)54-63-57(60)51-48-45-42-39-37-34-32-30-27-25-23-20-17-14-11-8-5-2/h16,19,24-27,56H,4-15,17-18,20-23,28-55H2,1-3H3/b19-16-,26-24-,27-25-/t56-/m0/s1. The molecule has 1 atom stereocenters. The van der Waals surface area contributed by atoms with Crippen LogP contribution in [-0.2, 0) is 28.6 Å². The van der Waals surface area contributed by atoms with E-state index in [0.29, 0.717) is 19.3 Å².